The van der Waals surface area contributed by atoms with E-state index in [1.54, 1.807) is 24.3 Å². The molecule has 0 amide bonds. The number of aromatic amines is 1. The fourth-order valence-electron chi connectivity index (χ4n) is 2.63. The zero-order valence-electron chi connectivity index (χ0n) is 12.1. The van der Waals surface area contributed by atoms with E-state index < -0.39 is 0 Å². The Morgan fingerprint density at radius 2 is 1.61 bits per heavy atom. The molecule has 23 heavy (non-hydrogen) atoms. The van der Waals surface area contributed by atoms with Crippen LogP contribution in [0.2, 0.25) is 0 Å². The van der Waals surface area contributed by atoms with Gasteiger partial charge in [-0.15, -0.1) is 0 Å². The average Bonchev–Trinajstić information content (AvgIpc) is 3.00. The van der Waals surface area contributed by atoms with Crippen molar-refractivity contribution in [2.75, 3.05) is 0 Å². The molecule has 0 radical (unpaired) electrons. The second-order valence-electron chi connectivity index (χ2n) is 5.34. The third-order valence-electron chi connectivity index (χ3n) is 3.82. The van der Waals surface area contributed by atoms with E-state index >= 15 is 0 Å². The summed E-state index contributed by atoms with van der Waals surface area (Å²) in [5, 5.41) is 10.2. The molecule has 0 fully saturated rings. The lowest BCUT2D eigenvalue weighted by Crippen LogP contribution is -1.85. The summed E-state index contributed by atoms with van der Waals surface area (Å²) in [6.07, 6.45) is 0. The molecule has 0 spiro atoms. The maximum absolute atomic E-state index is 13.1. The normalized spacial score (nSPS) is 11.0. The van der Waals surface area contributed by atoms with Gasteiger partial charge in [-0.3, -0.25) is 0 Å². The third-order valence-corrected chi connectivity index (χ3v) is 3.82. The Kier molecular flexibility index (Phi) is 3.08. The van der Waals surface area contributed by atoms with Crippen molar-refractivity contribution in [2.45, 2.75) is 0 Å². The minimum absolute atomic E-state index is 0.148. The van der Waals surface area contributed by atoms with E-state index in [2.05, 4.69) is 9.97 Å². The number of halogens is 1. The Morgan fingerprint density at radius 3 is 2.39 bits per heavy atom. The lowest BCUT2D eigenvalue weighted by molar-refractivity contribution is 0.477. The number of imidazole rings is 1. The van der Waals surface area contributed by atoms with Crippen LogP contribution in [0, 0.1) is 5.82 Å². The predicted molar refractivity (Wildman–Crippen MR) is 88.6 cm³/mol. The topological polar surface area (TPSA) is 48.9 Å². The first-order valence-corrected chi connectivity index (χ1v) is 7.25. The number of nitrogens with zero attached hydrogens (tertiary/aromatic N) is 1. The van der Waals surface area contributed by atoms with Gasteiger partial charge in [0.1, 0.15) is 17.4 Å². The largest absolute Gasteiger partial charge is 0.507 e. The average molecular weight is 304 g/mol. The summed E-state index contributed by atoms with van der Waals surface area (Å²) >= 11 is 0. The van der Waals surface area contributed by atoms with E-state index in [-0.39, 0.29) is 11.6 Å². The summed E-state index contributed by atoms with van der Waals surface area (Å²) in [5.41, 5.74) is 4.13. The van der Waals surface area contributed by atoms with Crippen LogP contribution in [0.15, 0.2) is 66.7 Å². The molecule has 1 heterocycles. The van der Waals surface area contributed by atoms with Crippen molar-refractivity contribution < 1.29 is 9.50 Å². The van der Waals surface area contributed by atoms with Crippen LogP contribution in [0.25, 0.3) is 33.5 Å². The minimum atomic E-state index is -0.273. The number of hydrogen-bond acceptors (Lipinski definition) is 2. The molecule has 0 atom stereocenters. The van der Waals surface area contributed by atoms with Gasteiger partial charge in [-0.25, -0.2) is 9.37 Å². The third kappa shape index (κ3) is 2.44. The van der Waals surface area contributed by atoms with Crippen molar-refractivity contribution >= 4 is 11.0 Å². The molecular formula is C19H13FN2O. The number of aromatic hydroxyl groups is 1. The Balaban J connectivity index is 1.84. The number of para-hydroxylation sites is 2. The van der Waals surface area contributed by atoms with Gasteiger partial charge >= 0.3 is 0 Å². The van der Waals surface area contributed by atoms with Crippen LogP contribution in [-0.2, 0) is 0 Å². The van der Waals surface area contributed by atoms with Crippen LogP contribution in [-0.4, -0.2) is 15.1 Å². The Morgan fingerprint density at radius 1 is 0.870 bits per heavy atom. The van der Waals surface area contributed by atoms with Crippen molar-refractivity contribution in [3.63, 3.8) is 0 Å². The standard InChI is InChI=1S/C19H13FN2O/c20-14-8-5-12(6-9-14)13-7-10-18(23)15(11-13)19-21-16-3-1-2-4-17(16)22-19/h1-11,23H,(H,21,22). The van der Waals surface area contributed by atoms with Crippen molar-refractivity contribution in [3.8, 4) is 28.3 Å². The molecule has 112 valence electrons. The maximum Gasteiger partial charge on any atom is 0.142 e. The van der Waals surface area contributed by atoms with Gasteiger partial charge in [0.25, 0.3) is 0 Å². The van der Waals surface area contributed by atoms with E-state index in [4.69, 9.17) is 0 Å². The molecule has 4 aromatic rings. The molecule has 3 aromatic carbocycles. The first-order valence-electron chi connectivity index (χ1n) is 7.25. The smallest absolute Gasteiger partial charge is 0.142 e. The highest BCUT2D eigenvalue weighted by atomic mass is 19.1. The number of phenols is 1. The molecule has 0 aliphatic heterocycles. The summed E-state index contributed by atoms with van der Waals surface area (Å²) in [6.45, 7) is 0. The summed E-state index contributed by atoms with van der Waals surface area (Å²) < 4.78 is 13.1. The Labute approximate surface area is 132 Å². The number of aromatic nitrogens is 2. The van der Waals surface area contributed by atoms with Gasteiger partial charge in [0.15, 0.2) is 0 Å². The summed E-state index contributed by atoms with van der Waals surface area (Å²) in [5.74, 6) is 0.479. The molecule has 0 aliphatic rings. The van der Waals surface area contributed by atoms with Gasteiger partial charge in [0.05, 0.1) is 16.6 Å². The second-order valence-corrected chi connectivity index (χ2v) is 5.34. The van der Waals surface area contributed by atoms with Crippen molar-refractivity contribution in [1.82, 2.24) is 9.97 Å². The maximum atomic E-state index is 13.1. The summed E-state index contributed by atoms with van der Waals surface area (Å²) in [6, 6.07) is 19.2. The highest BCUT2D eigenvalue weighted by Gasteiger charge is 2.11. The lowest BCUT2D eigenvalue weighted by atomic mass is 10.0. The lowest BCUT2D eigenvalue weighted by Gasteiger charge is -2.06. The quantitative estimate of drug-likeness (QED) is 0.562. The molecular weight excluding hydrogens is 291 g/mol. The van der Waals surface area contributed by atoms with Gasteiger partial charge in [-0.05, 0) is 47.5 Å². The number of rotatable bonds is 2. The molecule has 3 nitrogen and oxygen atoms in total. The van der Waals surface area contributed by atoms with Crippen LogP contribution in [0.5, 0.6) is 5.75 Å². The molecule has 0 saturated heterocycles. The van der Waals surface area contributed by atoms with E-state index in [1.807, 2.05) is 30.3 Å². The van der Waals surface area contributed by atoms with E-state index in [1.165, 1.54) is 12.1 Å². The molecule has 1 aromatic heterocycles. The molecule has 0 unspecified atom stereocenters. The summed E-state index contributed by atoms with van der Waals surface area (Å²) in [4.78, 5) is 7.73. The number of nitrogens with one attached hydrogen (secondary N) is 1. The van der Waals surface area contributed by atoms with Gasteiger partial charge in [0.2, 0.25) is 0 Å². The van der Waals surface area contributed by atoms with Crippen LogP contribution >= 0.6 is 0 Å². The van der Waals surface area contributed by atoms with Crippen molar-refractivity contribution in [3.05, 3.63) is 72.5 Å². The van der Waals surface area contributed by atoms with E-state index in [0.717, 1.165) is 22.2 Å². The monoisotopic (exact) mass is 304 g/mol. The zero-order valence-corrected chi connectivity index (χ0v) is 12.1. The van der Waals surface area contributed by atoms with Crippen LogP contribution in [0.1, 0.15) is 0 Å². The van der Waals surface area contributed by atoms with Crippen LogP contribution in [0.3, 0.4) is 0 Å². The fraction of sp³-hybridized carbons (Fsp3) is 0. The van der Waals surface area contributed by atoms with E-state index in [0.29, 0.717) is 11.4 Å². The van der Waals surface area contributed by atoms with Crippen molar-refractivity contribution in [1.29, 1.82) is 0 Å². The molecule has 4 heteroatoms. The fourth-order valence-corrected chi connectivity index (χ4v) is 2.63. The SMILES string of the molecule is Oc1ccc(-c2ccc(F)cc2)cc1-c1nc2ccccc2[nH]1. The molecule has 0 bridgehead atoms. The number of fused-ring (bicyclic) bond motifs is 1. The predicted octanol–water partition coefficient (Wildman–Crippen LogP) is 4.74. The van der Waals surface area contributed by atoms with Gasteiger partial charge in [-0.1, -0.05) is 30.3 Å². The first kappa shape index (κ1) is 13.5. The number of phenolic OH excluding ortho intramolecular Hbond substituents is 1. The van der Waals surface area contributed by atoms with Crippen LogP contribution < -0.4 is 0 Å². The zero-order chi connectivity index (χ0) is 15.8. The van der Waals surface area contributed by atoms with Gasteiger partial charge in [-0.2, -0.15) is 0 Å². The summed E-state index contributed by atoms with van der Waals surface area (Å²) in [7, 11) is 0. The molecule has 0 saturated carbocycles. The molecule has 4 rings (SSSR count). The Bertz CT molecular complexity index is 957. The van der Waals surface area contributed by atoms with Crippen molar-refractivity contribution in [2.24, 2.45) is 0 Å². The van der Waals surface area contributed by atoms with E-state index in [9.17, 15) is 9.50 Å². The second kappa shape index (κ2) is 5.25. The minimum Gasteiger partial charge on any atom is -0.507 e. The highest BCUT2D eigenvalue weighted by Crippen LogP contribution is 2.33. The molecule has 0 aliphatic carbocycles. The molecule has 2 N–H and O–H groups in total. The number of hydrogen-bond donors (Lipinski definition) is 2. The Hall–Kier alpha value is -3.14. The number of H-pyrrole nitrogens is 1. The highest BCUT2D eigenvalue weighted by molar-refractivity contribution is 5.82. The number of benzene rings is 3. The van der Waals surface area contributed by atoms with Gasteiger partial charge in [0, 0.05) is 0 Å². The first-order chi connectivity index (χ1) is 11.2. The van der Waals surface area contributed by atoms with Crippen LogP contribution in [0.4, 0.5) is 4.39 Å². The van der Waals surface area contributed by atoms with Gasteiger partial charge < -0.3 is 10.1 Å².